The van der Waals surface area contributed by atoms with Gasteiger partial charge in [-0.05, 0) is 0 Å². The molecule has 0 bridgehead atoms. The Labute approximate surface area is 133 Å². The summed E-state index contributed by atoms with van der Waals surface area (Å²) in [4.78, 5) is 0. The topological polar surface area (TPSA) is 70.0 Å². The van der Waals surface area contributed by atoms with E-state index in [-0.39, 0.29) is 33.4 Å². The predicted octanol–water partition coefficient (Wildman–Crippen LogP) is 6.57. The van der Waals surface area contributed by atoms with E-state index in [1.807, 2.05) is 0 Å². The molecule has 0 aliphatic carbocycles. The van der Waals surface area contributed by atoms with E-state index in [1.54, 1.807) is 21.7 Å². The van der Waals surface area contributed by atoms with Crippen molar-refractivity contribution in [2.24, 2.45) is 0 Å². The minimum atomic E-state index is 0. The van der Waals surface area contributed by atoms with E-state index in [2.05, 4.69) is 13.8 Å². The van der Waals surface area contributed by atoms with Gasteiger partial charge in [0, 0.05) is 0 Å². The molecule has 2 nitrogen and oxygen atoms in total. The van der Waals surface area contributed by atoms with Gasteiger partial charge in [-0.25, -0.2) is 0 Å². The van der Waals surface area contributed by atoms with Gasteiger partial charge in [-0.3, -0.25) is 0 Å². The summed E-state index contributed by atoms with van der Waals surface area (Å²) in [5.41, 5.74) is 0. The van der Waals surface area contributed by atoms with E-state index in [4.69, 9.17) is 0 Å². The molecule has 0 aliphatic rings. The van der Waals surface area contributed by atoms with E-state index < -0.39 is 0 Å². The Morgan fingerprint density at radius 3 is 1.16 bits per heavy atom. The Morgan fingerprint density at radius 1 is 0.474 bits per heavy atom. The van der Waals surface area contributed by atoms with Crippen molar-refractivity contribution >= 4 is 21.1 Å². The molecule has 3 heteroatoms. The van der Waals surface area contributed by atoms with Gasteiger partial charge in [-0.1, -0.05) is 0 Å². The fourth-order valence-corrected chi connectivity index (χ4v) is 5.75. The Balaban J connectivity index is -0.00000128. The van der Waals surface area contributed by atoms with Crippen LogP contribution in [0, 0.1) is 0 Å². The Kier molecular flexibility index (Phi) is 30.9. The molecular formula is C16H40N2Sn. The van der Waals surface area contributed by atoms with Crippen molar-refractivity contribution in [1.82, 2.24) is 12.3 Å². The van der Waals surface area contributed by atoms with Gasteiger partial charge in [0.2, 0.25) is 0 Å². The summed E-state index contributed by atoms with van der Waals surface area (Å²) < 4.78 is 3.31. The minimum Gasteiger partial charge on any atom is -0.344 e. The summed E-state index contributed by atoms with van der Waals surface area (Å²) in [6, 6.07) is 0. The largest absolute Gasteiger partial charge is 0.344 e. The molecule has 6 N–H and O–H groups in total. The van der Waals surface area contributed by atoms with Crippen LogP contribution in [0.4, 0.5) is 0 Å². The summed E-state index contributed by atoms with van der Waals surface area (Å²) in [5, 5.41) is 0. The minimum absolute atomic E-state index is 0. The molecule has 0 heterocycles. The van der Waals surface area contributed by atoms with Crippen LogP contribution in [0.2, 0.25) is 8.87 Å². The van der Waals surface area contributed by atoms with E-state index in [0.29, 0.717) is 0 Å². The smallest absolute Gasteiger partial charge is 0.344 e. The molecule has 0 rings (SSSR count). The van der Waals surface area contributed by atoms with Crippen LogP contribution in [0.1, 0.15) is 90.9 Å². The van der Waals surface area contributed by atoms with Gasteiger partial charge >= 0.3 is 121 Å². The van der Waals surface area contributed by atoms with Crippen LogP contribution in [0.15, 0.2) is 0 Å². The molecule has 0 spiro atoms. The average molecular weight is 379 g/mol. The zero-order valence-corrected chi connectivity index (χ0v) is 16.7. The maximum Gasteiger partial charge on any atom is -0.344 e. The van der Waals surface area contributed by atoms with Gasteiger partial charge in [0.25, 0.3) is 0 Å². The van der Waals surface area contributed by atoms with Crippen LogP contribution >= 0.6 is 0 Å². The Hall–Kier alpha value is 0.719. The van der Waals surface area contributed by atoms with Gasteiger partial charge in [0.1, 0.15) is 0 Å². The van der Waals surface area contributed by atoms with Crippen LogP contribution in [-0.2, 0) is 0 Å². The van der Waals surface area contributed by atoms with Crippen molar-refractivity contribution in [3.05, 3.63) is 0 Å². The monoisotopic (exact) mass is 380 g/mol. The molecule has 0 aromatic rings. The predicted molar refractivity (Wildman–Crippen MR) is 92.2 cm³/mol. The molecule has 118 valence electrons. The van der Waals surface area contributed by atoms with Gasteiger partial charge in [0.05, 0.1) is 0 Å². The first-order valence-electron chi connectivity index (χ1n) is 8.12. The van der Waals surface area contributed by atoms with Crippen LogP contribution in [0.5, 0.6) is 0 Å². The molecule has 2 radical (unpaired) electrons. The molecule has 0 aromatic carbocycles. The van der Waals surface area contributed by atoms with Crippen molar-refractivity contribution in [1.29, 1.82) is 0 Å². The molecule has 19 heavy (non-hydrogen) atoms. The summed E-state index contributed by atoms with van der Waals surface area (Å²) in [6.45, 7) is 4.60. The van der Waals surface area contributed by atoms with Crippen molar-refractivity contribution in [3.63, 3.8) is 0 Å². The molecule has 0 amide bonds. The number of unbranched alkanes of at least 4 members (excludes halogenated alkanes) is 10. The quantitative estimate of drug-likeness (QED) is 0.265. The third kappa shape index (κ3) is 24.2. The standard InChI is InChI=1S/2C8H17.2H3N.Sn/c2*1-3-5-7-8-6-4-2;;;/h2*1,3-8H2,2H3;2*1H3;. The number of hydrogen-bond acceptors (Lipinski definition) is 2. The van der Waals surface area contributed by atoms with Crippen LogP contribution in [0.25, 0.3) is 0 Å². The van der Waals surface area contributed by atoms with E-state index >= 15 is 0 Å². The Morgan fingerprint density at radius 2 is 0.789 bits per heavy atom. The molecule has 0 unspecified atom stereocenters. The molecule has 0 saturated carbocycles. The molecular weight excluding hydrogens is 339 g/mol. The fraction of sp³-hybridized carbons (Fsp3) is 1.00. The molecule has 0 atom stereocenters. The van der Waals surface area contributed by atoms with Crippen LogP contribution in [-0.4, -0.2) is 21.1 Å². The van der Waals surface area contributed by atoms with Gasteiger partial charge in [-0.15, -0.1) is 0 Å². The second-order valence-electron chi connectivity index (χ2n) is 5.29. The van der Waals surface area contributed by atoms with Crippen molar-refractivity contribution in [3.8, 4) is 0 Å². The zero-order chi connectivity index (χ0) is 12.6. The maximum atomic E-state index is 2.30. The first-order valence-corrected chi connectivity index (χ1v) is 12.2. The SMILES string of the molecule is CCCCCCC[CH2][Sn][CH2]CCCCCCC.N.N. The summed E-state index contributed by atoms with van der Waals surface area (Å²) in [7, 11) is 0. The van der Waals surface area contributed by atoms with Crippen molar-refractivity contribution < 1.29 is 0 Å². The average Bonchev–Trinajstić information content (AvgIpc) is 2.35. The third-order valence-corrected chi connectivity index (χ3v) is 7.45. The van der Waals surface area contributed by atoms with Crippen LogP contribution < -0.4 is 12.3 Å². The van der Waals surface area contributed by atoms with Gasteiger partial charge in [-0.2, -0.15) is 0 Å². The number of rotatable bonds is 14. The fourth-order valence-electron chi connectivity index (χ4n) is 2.19. The third-order valence-electron chi connectivity index (χ3n) is 3.41. The number of hydrogen-bond donors (Lipinski definition) is 2. The van der Waals surface area contributed by atoms with Crippen LogP contribution in [0.3, 0.4) is 0 Å². The first kappa shape index (κ1) is 24.7. The molecule has 0 aromatic heterocycles. The van der Waals surface area contributed by atoms with Crippen molar-refractivity contribution in [2.45, 2.75) is 99.8 Å². The van der Waals surface area contributed by atoms with Crippen molar-refractivity contribution in [2.75, 3.05) is 0 Å². The molecule has 0 fully saturated rings. The molecule has 0 aliphatic heterocycles. The summed E-state index contributed by atoms with van der Waals surface area (Å²) in [5.74, 6) is 0. The van der Waals surface area contributed by atoms with E-state index in [1.165, 1.54) is 64.2 Å². The summed E-state index contributed by atoms with van der Waals surface area (Å²) >= 11 is 0.0736. The van der Waals surface area contributed by atoms with Gasteiger partial charge < -0.3 is 12.3 Å². The van der Waals surface area contributed by atoms with E-state index in [0.717, 1.165) is 0 Å². The summed E-state index contributed by atoms with van der Waals surface area (Å²) in [6.07, 6.45) is 17.8. The maximum absolute atomic E-state index is 2.30. The normalized spacial score (nSPS) is 9.79. The molecule has 0 saturated heterocycles. The van der Waals surface area contributed by atoms with E-state index in [9.17, 15) is 0 Å². The second-order valence-corrected chi connectivity index (χ2v) is 9.57. The van der Waals surface area contributed by atoms with Gasteiger partial charge in [0.15, 0.2) is 0 Å². The first-order chi connectivity index (χ1) is 8.41. The Bertz CT molecular complexity index is 118. The zero-order valence-electron chi connectivity index (χ0n) is 13.8. The second kappa shape index (κ2) is 23.8.